The molecule has 464 valence electrons. The Morgan fingerprint density at radius 2 is 0.679 bits per heavy atom. The van der Waals surface area contributed by atoms with Crippen molar-refractivity contribution >= 4 is 13.7 Å². The van der Waals surface area contributed by atoms with Crippen molar-refractivity contribution in [3.05, 3.63) is 12.2 Å². The van der Waals surface area contributed by atoms with Crippen LogP contribution in [0, 0.1) is 0 Å². The lowest BCUT2D eigenvalue weighted by Crippen LogP contribution is -2.64. The predicted octanol–water partition coefficient (Wildman–Crippen LogP) is 16.6. The summed E-state index contributed by atoms with van der Waals surface area (Å²) in [6.45, 7) is 3.91. The van der Waals surface area contributed by atoms with E-state index in [0.29, 0.717) is 6.42 Å². The van der Waals surface area contributed by atoms with Crippen LogP contribution in [0.25, 0.3) is 0 Å². The van der Waals surface area contributed by atoms with Crippen LogP contribution >= 0.6 is 7.82 Å². The minimum Gasteiger partial charge on any atom is -0.387 e. The summed E-state index contributed by atoms with van der Waals surface area (Å²) < 4.78 is 23.1. The molecule has 78 heavy (non-hydrogen) atoms. The molecule has 1 aliphatic rings. The zero-order valence-electron chi connectivity index (χ0n) is 50.8. The lowest BCUT2D eigenvalue weighted by atomic mass is 9.85. The molecule has 12 nitrogen and oxygen atoms in total. The lowest BCUT2D eigenvalue weighted by Gasteiger charge is -2.41. The molecule has 0 aromatic carbocycles. The van der Waals surface area contributed by atoms with Crippen molar-refractivity contribution in [3.8, 4) is 0 Å². The van der Waals surface area contributed by atoms with Crippen molar-refractivity contribution in [1.82, 2.24) is 5.32 Å². The molecule has 1 rings (SSSR count). The summed E-state index contributed by atoms with van der Waals surface area (Å²) in [5, 5.41) is 64.5. The summed E-state index contributed by atoms with van der Waals surface area (Å²) in [6, 6.07) is -1.11. The SMILES string of the molecule is CCCCCCCCCCCCCCCCC/C=C/[C@@H](O)[C@H](COP(=O)(O)OC1C(O)C(O)C(O)[C@@H](O)C1O)NC(=O)CCCCCCCCCCCCCCCCCCCCCCCCCCCCCCCCCCCC. The number of allylic oxidation sites excluding steroid dienone is 1. The third-order valence-corrected chi connectivity index (χ3v) is 17.6. The Bertz CT molecular complexity index is 1360. The summed E-state index contributed by atoms with van der Waals surface area (Å²) in [4.78, 5) is 23.6. The van der Waals surface area contributed by atoms with Crippen molar-refractivity contribution in [2.45, 2.75) is 390 Å². The van der Waals surface area contributed by atoms with Crippen LogP contribution in [0.2, 0.25) is 0 Å². The number of carbonyl (C=O) groups is 1. The van der Waals surface area contributed by atoms with Crippen LogP contribution in [0.4, 0.5) is 0 Å². The van der Waals surface area contributed by atoms with Gasteiger partial charge in [0.15, 0.2) is 0 Å². The van der Waals surface area contributed by atoms with E-state index in [4.69, 9.17) is 9.05 Å². The fourth-order valence-corrected chi connectivity index (χ4v) is 12.2. The van der Waals surface area contributed by atoms with Gasteiger partial charge in [-0.1, -0.05) is 328 Å². The van der Waals surface area contributed by atoms with E-state index >= 15 is 0 Å². The maximum Gasteiger partial charge on any atom is 0.472 e. The topological polar surface area (TPSA) is 206 Å². The molecule has 6 unspecified atom stereocenters. The maximum atomic E-state index is 13.1. The molecule has 13 heteroatoms. The summed E-state index contributed by atoms with van der Waals surface area (Å²) in [5.74, 6) is -0.332. The van der Waals surface area contributed by atoms with Gasteiger partial charge in [0.25, 0.3) is 0 Å². The Labute approximate surface area is 479 Å². The van der Waals surface area contributed by atoms with E-state index in [1.165, 1.54) is 270 Å². The molecule has 0 heterocycles. The van der Waals surface area contributed by atoms with Crippen molar-refractivity contribution < 1.29 is 53.9 Å². The van der Waals surface area contributed by atoms with Gasteiger partial charge in [0.05, 0.1) is 18.8 Å². The Kier molecular flexibility index (Phi) is 52.0. The molecule has 1 amide bonds. The number of nitrogens with one attached hydrogen (secondary N) is 1. The van der Waals surface area contributed by atoms with E-state index in [2.05, 4.69) is 19.2 Å². The number of amides is 1. The molecular weight excluding hydrogens is 1000 g/mol. The number of hydrogen-bond acceptors (Lipinski definition) is 10. The monoisotopic (exact) mass is 1130 g/mol. The van der Waals surface area contributed by atoms with E-state index in [1.54, 1.807) is 6.08 Å². The normalized spacial score (nSPS) is 20.4. The van der Waals surface area contributed by atoms with E-state index in [1.807, 2.05) is 6.08 Å². The minimum absolute atomic E-state index is 0.220. The Balaban J connectivity index is 2.18. The predicted molar refractivity (Wildman–Crippen MR) is 325 cm³/mol. The summed E-state index contributed by atoms with van der Waals surface area (Å²) in [6.07, 6.45) is 56.1. The second-order valence-electron chi connectivity index (χ2n) is 24.0. The smallest absolute Gasteiger partial charge is 0.387 e. The molecule has 0 spiro atoms. The Morgan fingerprint density at radius 1 is 0.423 bits per heavy atom. The number of aliphatic hydroxyl groups excluding tert-OH is 6. The Morgan fingerprint density at radius 3 is 0.974 bits per heavy atom. The molecule has 0 bridgehead atoms. The second kappa shape index (κ2) is 54.0. The van der Waals surface area contributed by atoms with Crippen LogP contribution in [0.15, 0.2) is 12.2 Å². The van der Waals surface area contributed by atoms with Gasteiger partial charge in [-0.25, -0.2) is 4.57 Å². The number of hydrogen-bond donors (Lipinski definition) is 8. The first-order valence-electron chi connectivity index (χ1n) is 33.6. The molecule has 0 aromatic rings. The quantitative estimate of drug-likeness (QED) is 0.0163. The zero-order valence-corrected chi connectivity index (χ0v) is 51.6. The first kappa shape index (κ1) is 75.1. The van der Waals surface area contributed by atoms with Gasteiger partial charge < -0.3 is 40.8 Å². The third kappa shape index (κ3) is 43.7. The number of carbonyl (C=O) groups excluding carboxylic acids is 1. The van der Waals surface area contributed by atoms with Gasteiger partial charge in [-0.15, -0.1) is 0 Å². The summed E-state index contributed by atoms with van der Waals surface area (Å²) in [5.41, 5.74) is 0. The van der Waals surface area contributed by atoms with Crippen LogP contribution in [-0.2, 0) is 18.4 Å². The van der Waals surface area contributed by atoms with E-state index < -0.39 is 63.2 Å². The number of phosphoric acid groups is 1. The first-order chi connectivity index (χ1) is 37.9. The average Bonchev–Trinajstić information content (AvgIpc) is 3.46. The standard InChI is InChI=1S/C65H128NO11P/c1-3-5-7-9-11-13-15-17-19-21-22-23-24-25-26-27-28-29-30-31-32-33-34-35-36-37-39-41-43-45-47-49-51-53-55-59(68)66-57(56-76-78(74,75)77-65-63(72)61(70)60(69)62(71)64(65)73)58(67)54-52-50-48-46-44-42-40-38-20-18-16-14-12-10-8-6-4-2/h52,54,57-58,60-65,67,69-73H,3-51,53,55-56H2,1-2H3,(H,66,68)(H,74,75)/b54-52+/t57-,58+,60?,61+,62?,63?,64?,65?/m0/s1. The van der Waals surface area contributed by atoms with Crippen molar-refractivity contribution in [1.29, 1.82) is 0 Å². The fraction of sp³-hybridized carbons (Fsp3) is 0.954. The van der Waals surface area contributed by atoms with Crippen LogP contribution in [0.1, 0.15) is 341 Å². The van der Waals surface area contributed by atoms with E-state index in [-0.39, 0.29) is 12.3 Å². The van der Waals surface area contributed by atoms with Crippen LogP contribution in [0.3, 0.4) is 0 Å². The third-order valence-electron chi connectivity index (χ3n) is 16.6. The summed E-state index contributed by atoms with van der Waals surface area (Å²) in [7, 11) is -5.09. The first-order valence-corrected chi connectivity index (χ1v) is 35.1. The van der Waals surface area contributed by atoms with Gasteiger partial charge >= 0.3 is 7.82 Å². The van der Waals surface area contributed by atoms with Gasteiger partial charge in [0.2, 0.25) is 5.91 Å². The van der Waals surface area contributed by atoms with Crippen molar-refractivity contribution in [3.63, 3.8) is 0 Å². The fourth-order valence-electron chi connectivity index (χ4n) is 11.2. The molecule has 1 fully saturated rings. The molecular formula is C65H128NO11P. The van der Waals surface area contributed by atoms with Gasteiger partial charge in [-0.3, -0.25) is 13.8 Å². The molecule has 0 radical (unpaired) electrons. The molecule has 0 aliphatic heterocycles. The van der Waals surface area contributed by atoms with E-state index in [0.717, 1.165) is 44.9 Å². The highest BCUT2D eigenvalue weighted by molar-refractivity contribution is 7.47. The average molecular weight is 1130 g/mol. The van der Waals surface area contributed by atoms with Crippen LogP contribution < -0.4 is 5.32 Å². The van der Waals surface area contributed by atoms with Gasteiger partial charge in [-0.05, 0) is 19.3 Å². The largest absolute Gasteiger partial charge is 0.472 e. The molecule has 1 aliphatic carbocycles. The highest BCUT2D eigenvalue weighted by atomic mass is 31.2. The highest BCUT2D eigenvalue weighted by Gasteiger charge is 2.51. The molecule has 0 aromatic heterocycles. The summed E-state index contributed by atoms with van der Waals surface area (Å²) >= 11 is 0. The van der Waals surface area contributed by atoms with Gasteiger partial charge in [0, 0.05) is 6.42 Å². The maximum absolute atomic E-state index is 13.1. The zero-order chi connectivity index (χ0) is 57.0. The number of unbranched alkanes of at least 4 members (excludes halogenated alkanes) is 48. The second-order valence-corrected chi connectivity index (χ2v) is 25.4. The molecule has 9 atom stereocenters. The molecule has 8 N–H and O–H groups in total. The number of rotatable bonds is 59. The van der Waals surface area contributed by atoms with E-state index in [9.17, 15) is 44.9 Å². The molecule has 0 saturated heterocycles. The lowest BCUT2D eigenvalue weighted by molar-refractivity contribution is -0.220. The van der Waals surface area contributed by atoms with Crippen LogP contribution in [-0.4, -0.2) is 96.8 Å². The Hall–Kier alpha value is -0.920. The minimum atomic E-state index is -5.09. The molecule has 1 saturated carbocycles. The van der Waals surface area contributed by atoms with Crippen LogP contribution in [0.5, 0.6) is 0 Å². The van der Waals surface area contributed by atoms with Gasteiger partial charge in [-0.2, -0.15) is 0 Å². The number of phosphoric ester groups is 1. The van der Waals surface area contributed by atoms with Crippen molar-refractivity contribution in [2.75, 3.05) is 6.61 Å². The highest BCUT2D eigenvalue weighted by Crippen LogP contribution is 2.47. The number of aliphatic hydroxyl groups is 6. The van der Waals surface area contributed by atoms with Gasteiger partial charge in [0.1, 0.15) is 36.6 Å². The van der Waals surface area contributed by atoms with Crippen molar-refractivity contribution in [2.24, 2.45) is 0 Å².